The van der Waals surface area contributed by atoms with E-state index in [1.807, 2.05) is 0 Å². The van der Waals surface area contributed by atoms with Gasteiger partial charge in [-0.3, -0.25) is 9.78 Å². The molecule has 0 aliphatic carbocycles. The Morgan fingerprint density at radius 1 is 1.85 bits per heavy atom. The van der Waals surface area contributed by atoms with Crippen LogP contribution in [0.15, 0.2) is 24.5 Å². The van der Waals surface area contributed by atoms with Gasteiger partial charge >= 0.3 is 0 Å². The van der Waals surface area contributed by atoms with E-state index in [4.69, 9.17) is 6.85 Å². The summed E-state index contributed by atoms with van der Waals surface area (Å²) in [5.74, 6) is -0.989. The van der Waals surface area contributed by atoms with Crippen molar-refractivity contribution in [2.75, 3.05) is 6.98 Å². The Hall–Kier alpha value is -1.38. The summed E-state index contributed by atoms with van der Waals surface area (Å²) in [5, 5.41) is 0. The Morgan fingerprint density at radius 3 is 3.46 bits per heavy atom. The molecule has 13 heavy (non-hydrogen) atoms. The van der Waals surface area contributed by atoms with Gasteiger partial charge in [-0.15, -0.1) is 0 Å². The predicted molar refractivity (Wildman–Crippen MR) is 49.0 cm³/mol. The normalized spacial score (nSPS) is 32.9. The second kappa shape index (κ2) is 3.17. The zero-order chi connectivity index (χ0) is 13.6. The van der Waals surface area contributed by atoms with E-state index in [9.17, 15) is 4.79 Å². The number of pyridine rings is 1. The number of carbonyl (C=O) groups is 1. The Bertz CT molecular complexity index is 459. The fourth-order valence-corrected chi connectivity index (χ4v) is 1.34. The van der Waals surface area contributed by atoms with Crippen LogP contribution in [0, 0.1) is 0 Å². The molecule has 3 heteroatoms. The van der Waals surface area contributed by atoms with Crippen LogP contribution in [0.3, 0.4) is 0 Å². The third kappa shape index (κ3) is 1.41. The molecule has 0 aromatic carbocycles. The van der Waals surface area contributed by atoms with Gasteiger partial charge in [-0.2, -0.15) is 0 Å². The summed E-state index contributed by atoms with van der Waals surface area (Å²) in [7, 11) is 0. The summed E-state index contributed by atoms with van der Waals surface area (Å²) < 4.78 is 37.3. The summed E-state index contributed by atoms with van der Waals surface area (Å²) in [5.41, 5.74) is 0.531. The number of likely N-dealkylation sites (tertiary alicyclic amines) is 1. The van der Waals surface area contributed by atoms with Gasteiger partial charge in [0.1, 0.15) is 0 Å². The van der Waals surface area contributed by atoms with Gasteiger partial charge in [0.15, 0.2) is 0 Å². The third-order valence-electron chi connectivity index (χ3n) is 2.05. The zero-order valence-corrected chi connectivity index (χ0v) is 6.90. The van der Waals surface area contributed by atoms with Crippen LogP contribution in [0.2, 0.25) is 0 Å². The number of hydrogen-bond donors (Lipinski definition) is 0. The molecular weight excluding hydrogens is 164 g/mol. The molecule has 1 aromatic heterocycles. The first-order valence-corrected chi connectivity index (χ1v) is 3.97. The van der Waals surface area contributed by atoms with Gasteiger partial charge in [0.05, 0.1) is 6.04 Å². The molecule has 1 aliphatic heterocycles. The zero-order valence-electron chi connectivity index (χ0n) is 11.9. The van der Waals surface area contributed by atoms with Crippen molar-refractivity contribution in [1.82, 2.24) is 9.88 Å². The number of aromatic nitrogens is 1. The van der Waals surface area contributed by atoms with Crippen LogP contribution in [0.25, 0.3) is 0 Å². The quantitative estimate of drug-likeness (QED) is 0.655. The molecule has 1 aliphatic rings. The topological polar surface area (TPSA) is 33.2 Å². The average molecular weight is 181 g/mol. The molecule has 1 fully saturated rings. The van der Waals surface area contributed by atoms with E-state index in [1.54, 1.807) is 12.1 Å². The maximum atomic E-state index is 11.8. The van der Waals surface area contributed by atoms with Crippen molar-refractivity contribution < 1.29 is 11.6 Å². The monoisotopic (exact) mass is 181 g/mol. The molecule has 68 valence electrons. The Balaban J connectivity index is 2.44. The Labute approximate surface area is 84.4 Å². The molecule has 1 atom stereocenters. The van der Waals surface area contributed by atoms with E-state index in [1.165, 1.54) is 12.4 Å². The van der Waals surface area contributed by atoms with Gasteiger partial charge < -0.3 is 4.90 Å². The lowest BCUT2D eigenvalue weighted by molar-refractivity contribution is -0.127. The van der Waals surface area contributed by atoms with E-state index in [-0.39, 0.29) is 6.42 Å². The standard InChI is InChI=1S/C10H12N2O/c1-12-9(4-5-10(12)13)8-3-2-6-11-7-8/h2-3,6-7,9H,4-5H2,1H3/i1D3,5D2. The second-order valence-corrected chi connectivity index (χ2v) is 2.86. The summed E-state index contributed by atoms with van der Waals surface area (Å²) >= 11 is 0. The second-order valence-electron chi connectivity index (χ2n) is 2.86. The van der Waals surface area contributed by atoms with Crippen LogP contribution in [0.4, 0.5) is 0 Å². The van der Waals surface area contributed by atoms with Gasteiger partial charge in [0, 0.05) is 32.6 Å². The minimum atomic E-state index is -2.65. The summed E-state index contributed by atoms with van der Waals surface area (Å²) in [6.45, 7) is -2.65. The van der Waals surface area contributed by atoms with Gasteiger partial charge in [0.2, 0.25) is 5.91 Å². The van der Waals surface area contributed by atoms with Crippen LogP contribution >= 0.6 is 0 Å². The first-order valence-electron chi connectivity index (χ1n) is 6.47. The number of amides is 1. The molecule has 0 spiro atoms. The highest BCUT2D eigenvalue weighted by Crippen LogP contribution is 2.30. The van der Waals surface area contributed by atoms with Gasteiger partial charge in [-0.05, 0) is 18.1 Å². The lowest BCUT2D eigenvalue weighted by Crippen LogP contribution is -2.22. The molecule has 1 unspecified atom stereocenters. The molecule has 3 nitrogen and oxygen atoms in total. The lowest BCUT2D eigenvalue weighted by atomic mass is 10.1. The largest absolute Gasteiger partial charge is 0.339 e. The lowest BCUT2D eigenvalue weighted by Gasteiger charge is -2.19. The highest BCUT2D eigenvalue weighted by Gasteiger charge is 2.28. The van der Waals surface area contributed by atoms with E-state index < -0.39 is 25.3 Å². The third-order valence-corrected chi connectivity index (χ3v) is 2.05. The maximum Gasteiger partial charge on any atom is 0.222 e. The van der Waals surface area contributed by atoms with Crippen molar-refractivity contribution in [1.29, 1.82) is 0 Å². The van der Waals surface area contributed by atoms with E-state index in [0.29, 0.717) is 10.5 Å². The first-order chi connectivity index (χ1) is 8.23. The molecule has 2 rings (SSSR count). The molecule has 0 bridgehead atoms. The summed E-state index contributed by atoms with van der Waals surface area (Å²) in [6, 6.07) is 2.48. The summed E-state index contributed by atoms with van der Waals surface area (Å²) in [6.07, 6.45) is 0.678. The van der Waals surface area contributed by atoms with Crippen molar-refractivity contribution in [3.63, 3.8) is 0 Å². The molecule has 1 aromatic rings. The molecule has 1 saturated heterocycles. The van der Waals surface area contributed by atoms with Crippen LogP contribution in [-0.4, -0.2) is 22.8 Å². The van der Waals surface area contributed by atoms with E-state index in [2.05, 4.69) is 4.98 Å². The first kappa shape index (κ1) is 4.22. The van der Waals surface area contributed by atoms with Crippen LogP contribution in [-0.2, 0) is 4.79 Å². The highest BCUT2D eigenvalue weighted by molar-refractivity contribution is 5.78. The van der Waals surface area contributed by atoms with E-state index >= 15 is 0 Å². The van der Waals surface area contributed by atoms with Crippen molar-refractivity contribution in [3.8, 4) is 0 Å². The fourth-order valence-electron chi connectivity index (χ4n) is 1.34. The number of carbonyl (C=O) groups excluding carboxylic acids is 1. The molecule has 1 amide bonds. The molecular formula is C10H12N2O. The minimum Gasteiger partial charge on any atom is -0.339 e. The molecule has 2 heterocycles. The Kier molecular flexibility index (Phi) is 1.03. The highest BCUT2D eigenvalue weighted by atomic mass is 16.2. The van der Waals surface area contributed by atoms with Crippen LogP contribution in [0.1, 0.15) is 31.3 Å². The van der Waals surface area contributed by atoms with Crippen molar-refractivity contribution in [3.05, 3.63) is 30.1 Å². The molecule has 0 radical (unpaired) electrons. The Morgan fingerprint density at radius 2 is 2.77 bits per heavy atom. The average Bonchev–Trinajstić information content (AvgIpc) is 2.51. The maximum absolute atomic E-state index is 11.8. The van der Waals surface area contributed by atoms with Crippen molar-refractivity contribution >= 4 is 5.91 Å². The fraction of sp³-hybridized carbons (Fsp3) is 0.400. The number of hydrogen-bond acceptors (Lipinski definition) is 2. The van der Waals surface area contributed by atoms with Gasteiger partial charge in [-0.1, -0.05) is 6.07 Å². The van der Waals surface area contributed by atoms with Gasteiger partial charge in [0.25, 0.3) is 0 Å². The SMILES string of the molecule is [2H]C1([2H])CC(c2cccnc2)N(C([2H])([2H])[2H])C1=O. The molecule has 0 saturated carbocycles. The smallest absolute Gasteiger partial charge is 0.222 e. The predicted octanol–water partition coefficient (Wildman–Crippen LogP) is 1.37. The van der Waals surface area contributed by atoms with Crippen molar-refractivity contribution in [2.45, 2.75) is 18.8 Å². The van der Waals surface area contributed by atoms with E-state index in [0.717, 1.165) is 0 Å². The minimum absolute atomic E-state index is 0.171. The summed E-state index contributed by atoms with van der Waals surface area (Å²) in [4.78, 5) is 16.3. The van der Waals surface area contributed by atoms with Crippen molar-refractivity contribution in [2.24, 2.45) is 0 Å². The van der Waals surface area contributed by atoms with Crippen LogP contribution in [0.5, 0.6) is 0 Å². The number of nitrogens with zero attached hydrogens (tertiary/aromatic N) is 2. The van der Waals surface area contributed by atoms with Gasteiger partial charge in [-0.25, -0.2) is 0 Å². The molecule has 0 N–H and O–H groups in total. The number of rotatable bonds is 1. The van der Waals surface area contributed by atoms with Crippen LogP contribution < -0.4 is 0 Å².